The maximum atomic E-state index is 10.6. The average Bonchev–Trinajstić information content (AvgIpc) is 2.96. The summed E-state index contributed by atoms with van der Waals surface area (Å²) >= 11 is 4.28. The Labute approximate surface area is 269 Å². The van der Waals surface area contributed by atoms with E-state index in [0.29, 0.717) is 0 Å². The van der Waals surface area contributed by atoms with Crippen LogP contribution < -0.4 is 0 Å². The normalized spacial score (nSPS) is 12.0. The number of thiol groups is 1. The van der Waals surface area contributed by atoms with E-state index in [4.69, 9.17) is 9.79 Å². The number of rotatable bonds is 37. The number of hydrogen-bond acceptors (Lipinski definition) is 3. The smallest absolute Gasteiger partial charge is 0.303 e. The Morgan fingerprint density at radius 2 is 0.500 bits per heavy atom. The highest BCUT2D eigenvalue weighted by Crippen LogP contribution is 2.35. The molecule has 0 aliphatic rings. The largest absolute Gasteiger partial charge is 0.469 e. The van der Waals surface area contributed by atoms with Crippen LogP contribution in [0, 0.1) is 0 Å². The zero-order valence-electron chi connectivity index (χ0n) is 28.1. The number of hydrogen-bond donors (Lipinski definition) is 3. The van der Waals surface area contributed by atoms with Crippen LogP contribution in [0.2, 0.25) is 0 Å². The van der Waals surface area contributed by atoms with E-state index in [1.54, 1.807) is 0 Å². The van der Waals surface area contributed by atoms with Crippen molar-refractivity contribution in [3.05, 3.63) is 0 Å². The summed E-state index contributed by atoms with van der Waals surface area (Å²) in [5.41, 5.74) is 0. The molecule has 0 radical (unpaired) electrons. The monoisotopic (exact) mass is 635 g/mol. The summed E-state index contributed by atoms with van der Waals surface area (Å²) in [4.78, 5) is 17.3. The van der Waals surface area contributed by atoms with Crippen molar-refractivity contribution in [1.29, 1.82) is 0 Å². The van der Waals surface area contributed by atoms with Crippen molar-refractivity contribution < 1.29 is 18.9 Å². The third-order valence-electron chi connectivity index (χ3n) is 8.81. The van der Waals surface area contributed by atoms with Gasteiger partial charge in [0, 0.05) is 0 Å². The van der Waals surface area contributed by atoms with Crippen molar-refractivity contribution in [2.75, 3.05) is 12.4 Å². The van der Waals surface area contributed by atoms with E-state index >= 15 is 0 Å². The van der Waals surface area contributed by atoms with Crippen LogP contribution in [0.5, 0.6) is 0 Å². The van der Waals surface area contributed by atoms with E-state index in [1.807, 2.05) is 0 Å². The third-order valence-corrected chi connectivity index (χ3v) is 9.65. The topological polar surface area (TPSA) is 66.8 Å². The van der Waals surface area contributed by atoms with Crippen molar-refractivity contribution >= 4 is 20.5 Å². The highest BCUT2D eigenvalue weighted by Gasteiger charge is 2.12. The fourth-order valence-corrected chi connectivity index (χ4v) is 6.64. The first-order chi connectivity index (χ1) is 20.6. The Hall–Kier alpha value is 0.460. The summed E-state index contributed by atoms with van der Waals surface area (Å²) < 4.78 is 15.0. The minimum absolute atomic E-state index is 0.170. The van der Waals surface area contributed by atoms with Crippen LogP contribution in [0.3, 0.4) is 0 Å². The van der Waals surface area contributed by atoms with E-state index in [-0.39, 0.29) is 6.61 Å². The Morgan fingerprint density at radius 3 is 0.667 bits per heavy atom. The minimum Gasteiger partial charge on any atom is -0.303 e. The molecular formula is C36H75O4PS. The fraction of sp³-hybridized carbons (Fsp3) is 1.00. The predicted molar refractivity (Wildman–Crippen MR) is 189 cm³/mol. The maximum absolute atomic E-state index is 10.6. The van der Waals surface area contributed by atoms with Crippen molar-refractivity contribution in [1.82, 2.24) is 0 Å². The van der Waals surface area contributed by atoms with Gasteiger partial charge in [0.1, 0.15) is 0 Å². The molecule has 0 bridgehead atoms. The molecular weight excluding hydrogens is 559 g/mol. The second kappa shape index (κ2) is 35.9. The summed E-state index contributed by atoms with van der Waals surface area (Å²) in [5.74, 6) is 1.06. The van der Waals surface area contributed by atoms with Gasteiger partial charge in [-0.05, 0) is 18.6 Å². The lowest BCUT2D eigenvalue weighted by Gasteiger charge is -2.05. The number of phosphoric ester groups is 1. The lowest BCUT2D eigenvalue weighted by atomic mass is 10.0. The van der Waals surface area contributed by atoms with Crippen molar-refractivity contribution in [2.24, 2.45) is 0 Å². The van der Waals surface area contributed by atoms with Gasteiger partial charge in [0.2, 0.25) is 0 Å². The van der Waals surface area contributed by atoms with Crippen LogP contribution in [-0.2, 0) is 9.09 Å². The van der Waals surface area contributed by atoms with Crippen LogP contribution in [0.15, 0.2) is 0 Å². The van der Waals surface area contributed by atoms with Crippen molar-refractivity contribution in [3.63, 3.8) is 0 Å². The lowest BCUT2D eigenvalue weighted by molar-refractivity contribution is 0.193. The molecule has 0 aromatic carbocycles. The molecule has 2 N–H and O–H groups in total. The molecule has 0 saturated heterocycles. The highest BCUT2D eigenvalue weighted by molar-refractivity contribution is 7.80. The molecule has 0 aliphatic heterocycles. The van der Waals surface area contributed by atoms with E-state index in [0.717, 1.165) is 25.0 Å². The van der Waals surface area contributed by atoms with Gasteiger partial charge in [-0.3, -0.25) is 4.52 Å². The molecule has 254 valence electrons. The van der Waals surface area contributed by atoms with Crippen molar-refractivity contribution in [2.45, 2.75) is 218 Å². The standard InChI is InChI=1S/C36H75O4PS/c37-41(38,39)40-35-33-31-29-27-25-23-21-19-17-15-13-11-9-7-5-3-1-2-4-6-8-10-12-14-16-18-20-22-24-26-28-30-32-34-36-42/h42H,1-36H2,(H2,37,38,39). The van der Waals surface area contributed by atoms with Crippen LogP contribution in [0.25, 0.3) is 0 Å². The Balaban J connectivity index is 3.05. The first-order valence-corrected chi connectivity index (χ1v) is 21.0. The average molecular weight is 635 g/mol. The van der Waals surface area contributed by atoms with Gasteiger partial charge < -0.3 is 9.79 Å². The fourth-order valence-electron chi connectivity index (χ4n) is 6.05. The van der Waals surface area contributed by atoms with Gasteiger partial charge in [-0.2, -0.15) is 12.6 Å². The van der Waals surface area contributed by atoms with Crippen LogP contribution in [0.4, 0.5) is 0 Å². The molecule has 0 fully saturated rings. The highest BCUT2D eigenvalue weighted by atomic mass is 32.1. The first-order valence-electron chi connectivity index (χ1n) is 18.9. The molecule has 0 unspecified atom stereocenters. The molecule has 0 spiro atoms. The number of phosphoric acid groups is 1. The van der Waals surface area contributed by atoms with Crippen LogP contribution in [-0.4, -0.2) is 22.1 Å². The number of unbranched alkanes of at least 4 members (excludes halogenated alkanes) is 33. The SMILES string of the molecule is O=P(O)(O)OCCCCCCCCCCCCCCCCCCCCCCCCCCCCCCCCCCCCS. The Kier molecular flexibility index (Phi) is 36.3. The first kappa shape index (κ1) is 42.5. The molecule has 0 aliphatic carbocycles. The van der Waals surface area contributed by atoms with Crippen molar-refractivity contribution in [3.8, 4) is 0 Å². The second-order valence-corrected chi connectivity index (χ2v) is 14.8. The predicted octanol–water partition coefficient (Wildman–Crippen LogP) is 13.3. The summed E-state index contributed by atoms with van der Waals surface area (Å²) in [6.45, 7) is 0.170. The second-order valence-electron chi connectivity index (χ2n) is 13.1. The zero-order chi connectivity index (χ0) is 30.7. The summed E-state index contributed by atoms with van der Waals surface area (Å²) in [5, 5.41) is 0. The van der Waals surface area contributed by atoms with Crippen LogP contribution >= 0.6 is 20.5 Å². The molecule has 0 saturated carbocycles. The quantitative estimate of drug-likeness (QED) is 0.0361. The Morgan fingerprint density at radius 1 is 0.333 bits per heavy atom. The summed E-state index contributed by atoms with van der Waals surface area (Å²) in [6.07, 6.45) is 47.0. The summed E-state index contributed by atoms with van der Waals surface area (Å²) in [6, 6.07) is 0. The van der Waals surface area contributed by atoms with E-state index < -0.39 is 7.82 Å². The molecule has 0 aromatic heterocycles. The molecule has 0 amide bonds. The maximum Gasteiger partial charge on any atom is 0.469 e. The van der Waals surface area contributed by atoms with Gasteiger partial charge in [-0.15, -0.1) is 0 Å². The molecule has 0 rings (SSSR count). The summed E-state index contributed by atoms with van der Waals surface area (Å²) in [7, 11) is -4.27. The third kappa shape index (κ3) is 40.5. The molecule has 6 heteroatoms. The zero-order valence-corrected chi connectivity index (χ0v) is 29.9. The van der Waals surface area contributed by atoms with E-state index in [1.165, 1.54) is 199 Å². The molecule has 0 atom stereocenters. The molecule has 0 aromatic rings. The van der Waals surface area contributed by atoms with E-state index in [2.05, 4.69) is 17.2 Å². The van der Waals surface area contributed by atoms with Gasteiger partial charge >= 0.3 is 7.82 Å². The van der Waals surface area contributed by atoms with Crippen LogP contribution in [0.1, 0.15) is 218 Å². The Bertz CT molecular complexity index is 542. The minimum atomic E-state index is -4.27. The van der Waals surface area contributed by atoms with Gasteiger partial charge in [0.05, 0.1) is 6.61 Å². The van der Waals surface area contributed by atoms with Gasteiger partial charge in [-0.25, -0.2) is 4.57 Å². The molecule has 4 nitrogen and oxygen atoms in total. The van der Waals surface area contributed by atoms with E-state index in [9.17, 15) is 4.57 Å². The van der Waals surface area contributed by atoms with Gasteiger partial charge in [0.15, 0.2) is 0 Å². The lowest BCUT2D eigenvalue weighted by Crippen LogP contribution is -1.92. The van der Waals surface area contributed by atoms with Gasteiger partial charge in [0.25, 0.3) is 0 Å². The molecule has 0 heterocycles. The van der Waals surface area contributed by atoms with Gasteiger partial charge in [-0.1, -0.05) is 205 Å². The molecule has 42 heavy (non-hydrogen) atoms.